The van der Waals surface area contributed by atoms with Crippen LogP contribution >= 0.6 is 0 Å². The third-order valence-electron chi connectivity index (χ3n) is 6.07. The fraction of sp³-hybridized carbons (Fsp3) is 0.640. The van der Waals surface area contributed by atoms with Crippen LogP contribution < -0.4 is 0 Å². The molecule has 0 radical (unpaired) electrons. The zero-order valence-corrected chi connectivity index (χ0v) is 19.1. The summed E-state index contributed by atoms with van der Waals surface area (Å²) in [4.78, 5) is 36.4. The van der Waals surface area contributed by atoms with Gasteiger partial charge in [0, 0.05) is 0 Å². The Labute approximate surface area is 185 Å². The summed E-state index contributed by atoms with van der Waals surface area (Å²) in [6.45, 7) is 5.52. The summed E-state index contributed by atoms with van der Waals surface area (Å²) >= 11 is 0. The Hall–Kier alpha value is -2.37. The molecule has 0 saturated heterocycles. The van der Waals surface area contributed by atoms with E-state index in [1.165, 1.54) is 0 Å². The van der Waals surface area contributed by atoms with Gasteiger partial charge in [-0.2, -0.15) is 0 Å². The molecule has 1 saturated carbocycles. The Morgan fingerprint density at radius 3 is 2.06 bits per heavy atom. The van der Waals surface area contributed by atoms with E-state index in [1.54, 1.807) is 0 Å². The molecule has 6 heteroatoms. The second-order valence-electron chi connectivity index (χ2n) is 8.84. The van der Waals surface area contributed by atoms with Gasteiger partial charge < -0.3 is 14.2 Å². The smallest absolute Gasteiger partial charge is 0.311 e. The highest BCUT2D eigenvalue weighted by molar-refractivity contribution is 5.78. The Balaban J connectivity index is 1.79. The molecule has 6 nitrogen and oxygen atoms in total. The van der Waals surface area contributed by atoms with Crippen molar-refractivity contribution >= 4 is 17.9 Å². The van der Waals surface area contributed by atoms with Crippen molar-refractivity contribution in [2.75, 3.05) is 13.2 Å². The summed E-state index contributed by atoms with van der Waals surface area (Å²) in [5.41, 5.74) is -0.149. The first kappa shape index (κ1) is 24.9. The molecule has 0 atom stereocenters. The van der Waals surface area contributed by atoms with Gasteiger partial charge in [0.05, 0.1) is 18.3 Å². The molecule has 0 spiro atoms. The van der Waals surface area contributed by atoms with Gasteiger partial charge in [-0.15, -0.1) is 0 Å². The Morgan fingerprint density at radius 1 is 0.871 bits per heavy atom. The molecule has 1 aliphatic carbocycles. The molecular formula is C25H36O6. The normalized spacial score (nSPS) is 16.1. The average molecular weight is 433 g/mol. The van der Waals surface area contributed by atoms with Gasteiger partial charge in [0.25, 0.3) is 0 Å². The van der Waals surface area contributed by atoms with Crippen molar-refractivity contribution in [3.63, 3.8) is 0 Å². The van der Waals surface area contributed by atoms with E-state index in [1.807, 2.05) is 51.1 Å². The quantitative estimate of drug-likeness (QED) is 0.222. The Bertz CT molecular complexity index is 717. The molecule has 2 rings (SSSR count). The van der Waals surface area contributed by atoms with Crippen molar-refractivity contribution in [2.45, 2.75) is 84.2 Å². The van der Waals surface area contributed by atoms with Crippen LogP contribution in [-0.2, 0) is 34.2 Å². The van der Waals surface area contributed by atoms with Crippen molar-refractivity contribution in [2.24, 2.45) is 5.41 Å². The van der Waals surface area contributed by atoms with Gasteiger partial charge in [-0.25, -0.2) is 0 Å². The molecule has 0 heterocycles. The highest BCUT2D eigenvalue weighted by Crippen LogP contribution is 2.39. The second kappa shape index (κ2) is 11.9. The van der Waals surface area contributed by atoms with E-state index in [-0.39, 0.29) is 38.0 Å². The Morgan fingerprint density at radius 2 is 1.45 bits per heavy atom. The van der Waals surface area contributed by atoms with Gasteiger partial charge in [0.1, 0.15) is 18.8 Å². The monoisotopic (exact) mass is 432 g/mol. The first-order valence-electron chi connectivity index (χ1n) is 11.4. The van der Waals surface area contributed by atoms with Gasteiger partial charge in [-0.1, -0.05) is 50.1 Å². The molecule has 0 bridgehead atoms. The van der Waals surface area contributed by atoms with E-state index in [4.69, 9.17) is 14.2 Å². The maximum Gasteiger partial charge on any atom is 0.311 e. The number of hydrogen-bond acceptors (Lipinski definition) is 6. The molecule has 1 aromatic rings. The fourth-order valence-corrected chi connectivity index (χ4v) is 3.67. The number of esters is 3. The van der Waals surface area contributed by atoms with Gasteiger partial charge >= 0.3 is 17.9 Å². The number of carbonyl (C=O) groups is 3. The lowest BCUT2D eigenvalue weighted by atomic mass is 9.86. The number of rotatable bonds is 10. The summed E-state index contributed by atoms with van der Waals surface area (Å²) in [6.07, 6.45) is 6.47. The van der Waals surface area contributed by atoms with Crippen molar-refractivity contribution in [1.29, 1.82) is 0 Å². The van der Waals surface area contributed by atoms with Crippen LogP contribution in [0.4, 0.5) is 0 Å². The molecule has 1 aliphatic rings. The van der Waals surface area contributed by atoms with Crippen LogP contribution in [0.5, 0.6) is 0 Å². The van der Waals surface area contributed by atoms with Crippen LogP contribution in [0.15, 0.2) is 30.3 Å². The maximum atomic E-state index is 12.6. The molecule has 0 N–H and O–H groups in total. The summed E-state index contributed by atoms with van der Waals surface area (Å²) in [5, 5.41) is 0. The molecule has 0 aliphatic heterocycles. The van der Waals surface area contributed by atoms with Gasteiger partial charge in [-0.05, 0) is 51.5 Å². The highest BCUT2D eigenvalue weighted by atomic mass is 16.6. The third kappa shape index (κ3) is 7.67. The molecule has 1 fully saturated rings. The van der Waals surface area contributed by atoms with Gasteiger partial charge in [0.15, 0.2) is 0 Å². The van der Waals surface area contributed by atoms with Crippen LogP contribution in [0, 0.1) is 5.41 Å². The minimum Gasteiger partial charge on any atom is -0.462 e. The van der Waals surface area contributed by atoms with Crippen LogP contribution in [0.2, 0.25) is 0 Å². The first-order valence-corrected chi connectivity index (χ1v) is 11.4. The summed E-state index contributed by atoms with van der Waals surface area (Å²) in [5.74, 6) is -1.21. The number of hydrogen-bond donors (Lipinski definition) is 0. The van der Waals surface area contributed by atoms with E-state index < -0.39 is 17.0 Å². The van der Waals surface area contributed by atoms with Crippen LogP contribution in [0.3, 0.4) is 0 Å². The largest absolute Gasteiger partial charge is 0.462 e. The predicted molar refractivity (Wildman–Crippen MR) is 117 cm³/mol. The fourth-order valence-electron chi connectivity index (χ4n) is 3.67. The van der Waals surface area contributed by atoms with E-state index in [0.717, 1.165) is 44.1 Å². The molecule has 1 aromatic carbocycles. The van der Waals surface area contributed by atoms with Crippen LogP contribution in [0.25, 0.3) is 0 Å². The lowest BCUT2D eigenvalue weighted by molar-refractivity contribution is -0.165. The molecule has 31 heavy (non-hydrogen) atoms. The first-order chi connectivity index (χ1) is 14.8. The number of ether oxygens (including phenoxy) is 3. The molecule has 0 amide bonds. The van der Waals surface area contributed by atoms with Crippen molar-refractivity contribution in [1.82, 2.24) is 0 Å². The topological polar surface area (TPSA) is 78.9 Å². The third-order valence-corrected chi connectivity index (χ3v) is 6.07. The van der Waals surface area contributed by atoms with Crippen molar-refractivity contribution < 1.29 is 28.6 Å². The lowest BCUT2D eigenvalue weighted by Crippen LogP contribution is -2.32. The summed E-state index contributed by atoms with van der Waals surface area (Å²) < 4.78 is 16.2. The van der Waals surface area contributed by atoms with E-state index in [2.05, 4.69) is 0 Å². The molecular weight excluding hydrogens is 396 g/mol. The van der Waals surface area contributed by atoms with Crippen molar-refractivity contribution in [3.8, 4) is 0 Å². The zero-order chi connectivity index (χ0) is 22.7. The average Bonchev–Trinajstić information content (AvgIpc) is 3.02. The summed E-state index contributed by atoms with van der Waals surface area (Å²) in [6, 6.07) is 9.89. The number of carbonyl (C=O) groups excluding carboxylic acids is 3. The lowest BCUT2D eigenvalue weighted by Gasteiger charge is -2.33. The van der Waals surface area contributed by atoms with E-state index in [9.17, 15) is 14.4 Å². The predicted octanol–water partition coefficient (Wildman–Crippen LogP) is 5.08. The van der Waals surface area contributed by atoms with Crippen molar-refractivity contribution in [3.05, 3.63) is 35.9 Å². The standard InChI is InChI=1S/C25H36O6/c1-4-24(2,3)23(28)30-19-18-29-21(26)14-15-22(27)31-25(16-10-5-6-11-17-25)20-12-8-7-9-13-20/h7-9,12-13H,4-6,10-11,14-19H2,1-3H3. The maximum absolute atomic E-state index is 12.6. The van der Waals surface area contributed by atoms with E-state index >= 15 is 0 Å². The highest BCUT2D eigenvalue weighted by Gasteiger charge is 2.36. The molecule has 172 valence electrons. The minimum atomic E-state index is -0.612. The molecule has 0 aromatic heterocycles. The van der Waals surface area contributed by atoms with Crippen LogP contribution in [-0.4, -0.2) is 31.1 Å². The SMILES string of the molecule is CCC(C)(C)C(=O)OCCOC(=O)CCC(=O)OC1(c2ccccc2)CCCCCC1. The van der Waals surface area contributed by atoms with Gasteiger partial charge in [0.2, 0.25) is 0 Å². The Kier molecular flexibility index (Phi) is 9.53. The number of benzene rings is 1. The van der Waals surface area contributed by atoms with E-state index in [0.29, 0.717) is 6.42 Å². The second-order valence-corrected chi connectivity index (χ2v) is 8.84. The minimum absolute atomic E-state index is 0.00949. The summed E-state index contributed by atoms with van der Waals surface area (Å²) in [7, 11) is 0. The van der Waals surface area contributed by atoms with Crippen LogP contribution in [0.1, 0.15) is 84.1 Å². The zero-order valence-electron chi connectivity index (χ0n) is 19.1. The van der Waals surface area contributed by atoms with Gasteiger partial charge in [-0.3, -0.25) is 14.4 Å². The molecule has 0 unspecified atom stereocenters.